The Labute approximate surface area is 127 Å². The van der Waals surface area contributed by atoms with Crippen LogP contribution in [0.3, 0.4) is 0 Å². The largest absolute Gasteiger partial charge is 0.354 e. The monoisotopic (exact) mass is 286 g/mol. The highest BCUT2D eigenvalue weighted by Gasteiger charge is 2.24. The number of carbonyl (C=O) groups is 1. The molecule has 1 aliphatic heterocycles. The Kier molecular flexibility index (Phi) is 4.59. The van der Waals surface area contributed by atoms with Gasteiger partial charge in [0, 0.05) is 31.6 Å². The molecule has 21 heavy (non-hydrogen) atoms. The van der Waals surface area contributed by atoms with E-state index in [1.54, 1.807) is 0 Å². The highest BCUT2D eigenvalue weighted by Crippen LogP contribution is 2.25. The molecule has 1 N–H and O–H groups in total. The van der Waals surface area contributed by atoms with Gasteiger partial charge in [0.15, 0.2) is 0 Å². The summed E-state index contributed by atoms with van der Waals surface area (Å²) in [4.78, 5) is 14.6. The normalized spacial score (nSPS) is 21.0. The van der Waals surface area contributed by atoms with Gasteiger partial charge >= 0.3 is 0 Å². The lowest BCUT2D eigenvalue weighted by Crippen LogP contribution is -2.45. The highest BCUT2D eigenvalue weighted by molar-refractivity contribution is 5.78. The number of carbonyl (C=O) groups excluding carboxylic acids is 1. The number of nitrogens with one attached hydrogen (secondary N) is 1. The molecule has 3 rings (SSSR count). The van der Waals surface area contributed by atoms with Crippen molar-refractivity contribution in [2.45, 2.75) is 51.6 Å². The van der Waals surface area contributed by atoms with Gasteiger partial charge in [-0.3, -0.25) is 9.69 Å². The summed E-state index contributed by atoms with van der Waals surface area (Å²) < 4.78 is 0. The van der Waals surface area contributed by atoms with Crippen LogP contribution in [0.4, 0.5) is 0 Å². The van der Waals surface area contributed by atoms with Crippen molar-refractivity contribution >= 4 is 5.91 Å². The van der Waals surface area contributed by atoms with E-state index in [1.165, 1.54) is 24.0 Å². The van der Waals surface area contributed by atoms with Gasteiger partial charge in [-0.1, -0.05) is 37.1 Å². The molecule has 1 aromatic rings. The Morgan fingerprint density at radius 3 is 2.76 bits per heavy atom. The van der Waals surface area contributed by atoms with E-state index in [-0.39, 0.29) is 11.8 Å². The SMILES string of the molecule is C[C@@H](CNC(=O)C1CCCC1)N1CCc2ccccc2C1. The summed E-state index contributed by atoms with van der Waals surface area (Å²) >= 11 is 0. The van der Waals surface area contributed by atoms with E-state index in [9.17, 15) is 4.79 Å². The molecule has 3 heteroatoms. The van der Waals surface area contributed by atoms with Crippen molar-refractivity contribution in [2.75, 3.05) is 13.1 Å². The van der Waals surface area contributed by atoms with Crippen LogP contribution in [-0.4, -0.2) is 29.9 Å². The Hall–Kier alpha value is -1.35. The maximum Gasteiger partial charge on any atom is 0.223 e. The van der Waals surface area contributed by atoms with Crippen LogP contribution in [0.5, 0.6) is 0 Å². The molecule has 0 bridgehead atoms. The van der Waals surface area contributed by atoms with Gasteiger partial charge in [0.25, 0.3) is 0 Å². The molecule has 1 aromatic carbocycles. The molecule has 0 saturated heterocycles. The van der Waals surface area contributed by atoms with Crippen molar-refractivity contribution < 1.29 is 4.79 Å². The van der Waals surface area contributed by atoms with Crippen LogP contribution >= 0.6 is 0 Å². The molecular formula is C18H26N2O. The maximum absolute atomic E-state index is 12.1. The van der Waals surface area contributed by atoms with Crippen LogP contribution in [0.25, 0.3) is 0 Å². The summed E-state index contributed by atoms with van der Waals surface area (Å²) in [6.45, 7) is 5.11. The zero-order valence-corrected chi connectivity index (χ0v) is 13.0. The molecule has 0 aromatic heterocycles. The number of hydrogen-bond donors (Lipinski definition) is 1. The van der Waals surface area contributed by atoms with Gasteiger partial charge in [0.05, 0.1) is 0 Å². The first-order chi connectivity index (χ1) is 10.2. The van der Waals surface area contributed by atoms with Gasteiger partial charge in [0.1, 0.15) is 0 Å². The Bertz CT molecular complexity index is 494. The molecule has 0 spiro atoms. The second kappa shape index (κ2) is 6.61. The Morgan fingerprint density at radius 1 is 1.29 bits per heavy atom. The van der Waals surface area contributed by atoms with E-state index < -0.39 is 0 Å². The number of amides is 1. The van der Waals surface area contributed by atoms with Crippen molar-refractivity contribution in [1.29, 1.82) is 0 Å². The van der Waals surface area contributed by atoms with E-state index in [1.807, 2.05) is 0 Å². The second-order valence-electron chi connectivity index (χ2n) is 6.56. The van der Waals surface area contributed by atoms with Gasteiger partial charge in [-0.2, -0.15) is 0 Å². The van der Waals surface area contributed by atoms with Gasteiger partial charge in [-0.15, -0.1) is 0 Å². The van der Waals surface area contributed by atoms with Crippen LogP contribution in [-0.2, 0) is 17.8 Å². The van der Waals surface area contributed by atoms with Gasteiger partial charge in [-0.05, 0) is 37.3 Å². The third-order valence-corrected chi connectivity index (χ3v) is 5.08. The van der Waals surface area contributed by atoms with Gasteiger partial charge in [0.2, 0.25) is 5.91 Å². The van der Waals surface area contributed by atoms with E-state index in [4.69, 9.17) is 0 Å². The number of rotatable bonds is 4. The lowest BCUT2D eigenvalue weighted by molar-refractivity contribution is -0.125. The fourth-order valence-corrected chi connectivity index (χ4v) is 3.60. The van der Waals surface area contributed by atoms with Crippen LogP contribution in [0.2, 0.25) is 0 Å². The maximum atomic E-state index is 12.1. The predicted octanol–water partition coefficient (Wildman–Crippen LogP) is 2.74. The smallest absolute Gasteiger partial charge is 0.223 e. The average Bonchev–Trinajstić information content (AvgIpc) is 3.06. The Balaban J connectivity index is 1.50. The minimum Gasteiger partial charge on any atom is -0.354 e. The molecule has 1 amide bonds. The molecular weight excluding hydrogens is 260 g/mol. The minimum atomic E-state index is 0.275. The number of benzene rings is 1. The van der Waals surface area contributed by atoms with Gasteiger partial charge < -0.3 is 5.32 Å². The minimum absolute atomic E-state index is 0.275. The first-order valence-electron chi connectivity index (χ1n) is 8.32. The summed E-state index contributed by atoms with van der Waals surface area (Å²) in [7, 11) is 0. The first-order valence-corrected chi connectivity index (χ1v) is 8.32. The molecule has 0 radical (unpaired) electrons. The summed E-state index contributed by atoms with van der Waals surface area (Å²) in [6, 6.07) is 9.11. The van der Waals surface area contributed by atoms with E-state index in [2.05, 4.69) is 41.4 Å². The van der Waals surface area contributed by atoms with Crippen LogP contribution in [0.15, 0.2) is 24.3 Å². The topological polar surface area (TPSA) is 32.3 Å². The highest BCUT2D eigenvalue weighted by atomic mass is 16.1. The summed E-state index contributed by atoms with van der Waals surface area (Å²) in [6.07, 6.45) is 5.72. The number of hydrogen-bond acceptors (Lipinski definition) is 2. The third kappa shape index (κ3) is 3.46. The van der Waals surface area contributed by atoms with Crippen LogP contribution in [0, 0.1) is 5.92 Å². The summed E-state index contributed by atoms with van der Waals surface area (Å²) in [5.41, 5.74) is 2.92. The van der Waals surface area contributed by atoms with Crippen molar-refractivity contribution in [3.05, 3.63) is 35.4 Å². The first kappa shape index (κ1) is 14.6. The standard InChI is InChI=1S/C18H26N2O/c1-14(12-19-18(21)16-7-3-4-8-16)20-11-10-15-6-2-5-9-17(15)13-20/h2,5-6,9,14,16H,3-4,7-8,10-13H2,1H3,(H,19,21)/t14-/m0/s1. The predicted molar refractivity (Wildman–Crippen MR) is 85.0 cm³/mol. The third-order valence-electron chi connectivity index (χ3n) is 5.08. The fraction of sp³-hybridized carbons (Fsp3) is 0.611. The van der Waals surface area contributed by atoms with Crippen LogP contribution < -0.4 is 5.32 Å². The lowest BCUT2D eigenvalue weighted by Gasteiger charge is -2.34. The molecule has 1 aliphatic carbocycles. The molecule has 1 heterocycles. The van der Waals surface area contributed by atoms with Crippen molar-refractivity contribution in [3.8, 4) is 0 Å². The summed E-state index contributed by atoms with van der Waals surface area (Å²) in [5, 5.41) is 3.17. The number of fused-ring (bicyclic) bond motifs is 1. The van der Waals surface area contributed by atoms with Crippen molar-refractivity contribution in [2.24, 2.45) is 5.92 Å². The summed E-state index contributed by atoms with van der Waals surface area (Å²) in [5.74, 6) is 0.552. The fourth-order valence-electron chi connectivity index (χ4n) is 3.60. The molecule has 1 fully saturated rings. The van der Waals surface area contributed by atoms with E-state index in [0.717, 1.165) is 38.9 Å². The number of nitrogens with zero attached hydrogens (tertiary/aromatic N) is 1. The zero-order chi connectivity index (χ0) is 14.7. The molecule has 1 saturated carbocycles. The van der Waals surface area contributed by atoms with Crippen LogP contribution in [0.1, 0.15) is 43.7 Å². The van der Waals surface area contributed by atoms with Crippen molar-refractivity contribution in [1.82, 2.24) is 10.2 Å². The zero-order valence-electron chi connectivity index (χ0n) is 13.0. The lowest BCUT2D eigenvalue weighted by atomic mass is 9.99. The Morgan fingerprint density at radius 2 is 2.00 bits per heavy atom. The second-order valence-corrected chi connectivity index (χ2v) is 6.56. The molecule has 2 aliphatic rings. The molecule has 1 atom stereocenters. The average molecular weight is 286 g/mol. The molecule has 3 nitrogen and oxygen atoms in total. The molecule has 114 valence electrons. The molecule has 0 unspecified atom stereocenters. The quantitative estimate of drug-likeness (QED) is 0.923. The van der Waals surface area contributed by atoms with E-state index in [0.29, 0.717) is 6.04 Å². The van der Waals surface area contributed by atoms with Crippen molar-refractivity contribution in [3.63, 3.8) is 0 Å². The van der Waals surface area contributed by atoms with E-state index >= 15 is 0 Å². The van der Waals surface area contributed by atoms with Gasteiger partial charge in [-0.25, -0.2) is 0 Å².